The number of imide groups is 2. The predicted octanol–water partition coefficient (Wildman–Crippen LogP) is 3.38. The maximum atomic E-state index is 12.9. The molecule has 24 heavy (non-hydrogen) atoms. The van der Waals surface area contributed by atoms with E-state index in [2.05, 4.69) is 6.58 Å². The van der Waals surface area contributed by atoms with Crippen molar-refractivity contribution >= 4 is 29.2 Å². The first-order chi connectivity index (χ1) is 11.6. The van der Waals surface area contributed by atoms with Crippen LogP contribution in [-0.4, -0.2) is 17.8 Å². The minimum Gasteiger partial charge on any atom is -0.273 e. The molecule has 1 aliphatic rings. The Kier molecular flexibility index (Phi) is 4.24. The number of para-hydroxylation sites is 2. The van der Waals surface area contributed by atoms with E-state index in [9.17, 15) is 14.4 Å². The van der Waals surface area contributed by atoms with E-state index in [4.69, 9.17) is 0 Å². The molecule has 5 heteroatoms. The van der Waals surface area contributed by atoms with E-state index in [1.165, 1.54) is 6.08 Å². The molecule has 5 nitrogen and oxygen atoms in total. The Bertz CT molecular complexity index is 725. The second-order valence-corrected chi connectivity index (χ2v) is 5.38. The Morgan fingerprint density at radius 2 is 1.21 bits per heavy atom. The summed E-state index contributed by atoms with van der Waals surface area (Å²) in [5.74, 6) is -2.01. The maximum Gasteiger partial charge on any atom is 0.342 e. The van der Waals surface area contributed by atoms with Gasteiger partial charge in [-0.25, -0.2) is 14.6 Å². The van der Waals surface area contributed by atoms with Crippen molar-refractivity contribution in [1.29, 1.82) is 0 Å². The van der Waals surface area contributed by atoms with Crippen LogP contribution in [-0.2, 0) is 9.59 Å². The number of carbonyl (C=O) groups is 3. The highest BCUT2D eigenvalue weighted by Gasteiger charge is 2.46. The number of benzene rings is 2. The Morgan fingerprint density at radius 1 is 0.792 bits per heavy atom. The number of anilines is 2. The van der Waals surface area contributed by atoms with E-state index in [0.29, 0.717) is 11.4 Å². The second-order valence-electron chi connectivity index (χ2n) is 5.38. The largest absolute Gasteiger partial charge is 0.342 e. The van der Waals surface area contributed by atoms with Gasteiger partial charge in [0.05, 0.1) is 11.4 Å². The summed E-state index contributed by atoms with van der Waals surface area (Å²) in [7, 11) is 0. The number of barbiturate groups is 1. The van der Waals surface area contributed by atoms with Gasteiger partial charge in [-0.3, -0.25) is 9.59 Å². The van der Waals surface area contributed by atoms with Crippen LogP contribution in [0.5, 0.6) is 0 Å². The van der Waals surface area contributed by atoms with Crippen LogP contribution in [0, 0.1) is 5.92 Å². The fourth-order valence-electron chi connectivity index (χ4n) is 2.70. The third-order valence-corrected chi connectivity index (χ3v) is 3.85. The molecular weight excluding hydrogens is 304 g/mol. The Balaban J connectivity index is 2.09. The summed E-state index contributed by atoms with van der Waals surface area (Å²) in [5, 5.41) is 0. The van der Waals surface area contributed by atoms with Crippen molar-refractivity contribution in [2.24, 2.45) is 5.92 Å². The maximum absolute atomic E-state index is 12.9. The number of hydrogen-bond donors (Lipinski definition) is 0. The van der Waals surface area contributed by atoms with Crippen LogP contribution < -0.4 is 9.80 Å². The number of urea groups is 1. The molecule has 1 heterocycles. The van der Waals surface area contributed by atoms with Gasteiger partial charge in [0.25, 0.3) is 0 Å². The van der Waals surface area contributed by atoms with Crippen molar-refractivity contribution in [3.05, 3.63) is 73.3 Å². The molecule has 1 saturated heterocycles. The zero-order valence-corrected chi connectivity index (χ0v) is 13.0. The molecular formula is C19H16N2O3. The minimum absolute atomic E-state index is 0.178. The fourth-order valence-corrected chi connectivity index (χ4v) is 2.70. The molecule has 2 aromatic rings. The molecule has 0 aromatic heterocycles. The van der Waals surface area contributed by atoms with Gasteiger partial charge in [0.1, 0.15) is 5.92 Å². The summed E-state index contributed by atoms with van der Waals surface area (Å²) in [6, 6.07) is 16.5. The highest BCUT2D eigenvalue weighted by Crippen LogP contribution is 2.29. The van der Waals surface area contributed by atoms with Gasteiger partial charge in [-0.2, -0.15) is 0 Å². The Hall–Kier alpha value is -3.21. The van der Waals surface area contributed by atoms with Gasteiger partial charge in [0.15, 0.2) is 0 Å². The van der Waals surface area contributed by atoms with E-state index >= 15 is 0 Å². The second kappa shape index (κ2) is 6.50. The van der Waals surface area contributed by atoms with Gasteiger partial charge in [-0.1, -0.05) is 42.5 Å². The molecule has 2 aromatic carbocycles. The lowest BCUT2D eigenvalue weighted by Gasteiger charge is -2.36. The quantitative estimate of drug-likeness (QED) is 0.641. The Labute approximate surface area is 139 Å². The van der Waals surface area contributed by atoms with E-state index < -0.39 is 23.8 Å². The lowest BCUT2D eigenvalue weighted by molar-refractivity contribution is -0.132. The van der Waals surface area contributed by atoms with Gasteiger partial charge in [-0.05, 0) is 30.7 Å². The normalized spacial score (nSPS) is 15.8. The van der Waals surface area contributed by atoms with E-state index in [1.807, 2.05) is 0 Å². The molecule has 0 spiro atoms. The highest BCUT2D eigenvalue weighted by molar-refractivity contribution is 6.36. The summed E-state index contributed by atoms with van der Waals surface area (Å²) >= 11 is 0. The summed E-state index contributed by atoms with van der Waals surface area (Å²) in [6.45, 7) is 3.61. The van der Waals surface area contributed by atoms with Crippen molar-refractivity contribution in [2.45, 2.75) is 6.42 Å². The molecule has 0 radical (unpaired) electrons. The van der Waals surface area contributed by atoms with Crippen LogP contribution >= 0.6 is 0 Å². The summed E-state index contributed by atoms with van der Waals surface area (Å²) in [4.78, 5) is 40.4. The zero-order valence-electron chi connectivity index (χ0n) is 13.0. The first-order valence-corrected chi connectivity index (χ1v) is 7.58. The molecule has 0 unspecified atom stereocenters. The van der Waals surface area contributed by atoms with Gasteiger partial charge in [-0.15, -0.1) is 6.58 Å². The number of rotatable bonds is 4. The van der Waals surface area contributed by atoms with Crippen LogP contribution in [0.4, 0.5) is 16.2 Å². The lowest BCUT2D eigenvalue weighted by atomic mass is 9.98. The van der Waals surface area contributed by atoms with Gasteiger partial charge in [0.2, 0.25) is 11.8 Å². The Morgan fingerprint density at radius 3 is 1.58 bits per heavy atom. The van der Waals surface area contributed by atoms with Crippen molar-refractivity contribution < 1.29 is 14.4 Å². The molecule has 1 fully saturated rings. The molecule has 120 valence electrons. The van der Waals surface area contributed by atoms with Crippen LogP contribution in [0.2, 0.25) is 0 Å². The average molecular weight is 320 g/mol. The first-order valence-electron chi connectivity index (χ1n) is 7.58. The average Bonchev–Trinajstić information content (AvgIpc) is 2.61. The van der Waals surface area contributed by atoms with Crippen LogP contribution in [0.1, 0.15) is 6.42 Å². The molecule has 0 aliphatic carbocycles. The SMILES string of the molecule is C=CCC1C(=O)N(c2ccccc2)C(=O)N(c2ccccc2)C1=O. The third-order valence-electron chi connectivity index (χ3n) is 3.85. The summed E-state index contributed by atoms with van der Waals surface area (Å²) < 4.78 is 0. The predicted molar refractivity (Wildman–Crippen MR) is 91.6 cm³/mol. The monoisotopic (exact) mass is 320 g/mol. The lowest BCUT2D eigenvalue weighted by Crippen LogP contribution is -2.60. The highest BCUT2D eigenvalue weighted by atomic mass is 16.2. The number of hydrogen-bond acceptors (Lipinski definition) is 3. The molecule has 0 atom stereocenters. The number of nitrogens with zero attached hydrogens (tertiary/aromatic N) is 2. The summed E-state index contributed by atoms with van der Waals surface area (Å²) in [5.41, 5.74) is 0.880. The summed E-state index contributed by atoms with van der Waals surface area (Å²) in [6.07, 6.45) is 1.69. The standard InChI is InChI=1S/C19H16N2O3/c1-2-9-16-17(22)20(14-10-5-3-6-11-14)19(24)21(18(16)23)15-12-7-4-8-13-15/h2-8,10-13,16H,1,9H2. The molecule has 3 rings (SSSR count). The molecule has 4 amide bonds. The van der Waals surface area contributed by atoms with Gasteiger partial charge < -0.3 is 0 Å². The fraction of sp³-hybridized carbons (Fsp3) is 0.105. The number of allylic oxidation sites excluding steroid dienone is 1. The molecule has 0 saturated carbocycles. The van der Waals surface area contributed by atoms with Crippen molar-refractivity contribution in [1.82, 2.24) is 0 Å². The van der Waals surface area contributed by atoms with Crippen molar-refractivity contribution in [3.8, 4) is 0 Å². The zero-order chi connectivity index (χ0) is 17.1. The number of amides is 4. The van der Waals surface area contributed by atoms with E-state index in [1.54, 1.807) is 60.7 Å². The van der Waals surface area contributed by atoms with E-state index in [-0.39, 0.29) is 6.42 Å². The van der Waals surface area contributed by atoms with E-state index in [0.717, 1.165) is 9.80 Å². The topological polar surface area (TPSA) is 57.7 Å². The van der Waals surface area contributed by atoms with Gasteiger partial charge in [0, 0.05) is 0 Å². The van der Waals surface area contributed by atoms with Gasteiger partial charge >= 0.3 is 6.03 Å². The van der Waals surface area contributed by atoms with Crippen molar-refractivity contribution in [2.75, 3.05) is 9.80 Å². The molecule has 0 bridgehead atoms. The molecule has 1 aliphatic heterocycles. The van der Waals surface area contributed by atoms with Crippen molar-refractivity contribution in [3.63, 3.8) is 0 Å². The minimum atomic E-state index is -0.958. The van der Waals surface area contributed by atoms with Crippen LogP contribution in [0.15, 0.2) is 73.3 Å². The first kappa shape index (κ1) is 15.7. The third kappa shape index (κ3) is 2.60. The molecule has 0 N–H and O–H groups in total. The van der Waals surface area contributed by atoms with Crippen LogP contribution in [0.25, 0.3) is 0 Å². The van der Waals surface area contributed by atoms with Crippen LogP contribution in [0.3, 0.4) is 0 Å². The number of carbonyl (C=O) groups excluding carboxylic acids is 3. The smallest absolute Gasteiger partial charge is 0.273 e.